The van der Waals surface area contributed by atoms with Crippen molar-refractivity contribution >= 4 is 11.8 Å². The van der Waals surface area contributed by atoms with E-state index in [4.69, 9.17) is 4.74 Å². The maximum Gasteiger partial charge on any atom is 0.414 e. The molecule has 0 N–H and O–H groups in total. The number of hydrogen-bond donors (Lipinski definition) is 0. The van der Waals surface area contributed by atoms with Crippen molar-refractivity contribution in [1.29, 1.82) is 0 Å². The number of hydrogen-bond acceptors (Lipinski definition) is 3. The Kier molecular flexibility index (Phi) is 2.58. The monoisotopic (exact) mass is 206 g/mol. The van der Waals surface area contributed by atoms with Gasteiger partial charge >= 0.3 is 6.09 Å². The van der Waals surface area contributed by atoms with Crippen molar-refractivity contribution in [3.05, 3.63) is 24.5 Å². The van der Waals surface area contributed by atoms with E-state index in [0.29, 0.717) is 12.5 Å². The van der Waals surface area contributed by atoms with Crippen LogP contribution >= 0.6 is 0 Å². The second-order valence-electron chi connectivity index (χ2n) is 3.97. The highest BCUT2D eigenvalue weighted by Crippen LogP contribution is 2.25. The lowest BCUT2D eigenvalue weighted by atomic mass is 10.0. The van der Waals surface area contributed by atoms with Crippen molar-refractivity contribution in [3.8, 4) is 0 Å². The standard InChI is InChI=1S/C11H14N2O2/c1-8(2)10-7-15-11(14)13(10)9-4-3-5-12-6-9/h3-6,8,10H,7H2,1-2H3. The number of amides is 1. The number of pyridine rings is 1. The van der Waals surface area contributed by atoms with Crippen molar-refractivity contribution in [3.63, 3.8) is 0 Å². The van der Waals surface area contributed by atoms with Gasteiger partial charge < -0.3 is 4.74 Å². The minimum absolute atomic E-state index is 0.113. The van der Waals surface area contributed by atoms with Crippen molar-refractivity contribution < 1.29 is 9.53 Å². The molecule has 1 fully saturated rings. The van der Waals surface area contributed by atoms with Crippen LogP contribution in [0.1, 0.15) is 13.8 Å². The van der Waals surface area contributed by atoms with E-state index in [0.717, 1.165) is 5.69 Å². The molecule has 2 heterocycles. The molecule has 15 heavy (non-hydrogen) atoms. The molecule has 0 bridgehead atoms. The van der Waals surface area contributed by atoms with E-state index >= 15 is 0 Å². The first-order chi connectivity index (χ1) is 7.20. The molecule has 80 valence electrons. The summed E-state index contributed by atoms with van der Waals surface area (Å²) in [6, 6.07) is 3.80. The van der Waals surface area contributed by atoms with Crippen molar-refractivity contribution in [1.82, 2.24) is 4.98 Å². The molecule has 1 amide bonds. The molecule has 1 aliphatic rings. The lowest BCUT2D eigenvalue weighted by molar-refractivity contribution is 0.177. The van der Waals surface area contributed by atoms with Gasteiger partial charge in [-0.3, -0.25) is 9.88 Å². The molecule has 0 spiro atoms. The number of rotatable bonds is 2. The normalized spacial score (nSPS) is 20.9. The fraction of sp³-hybridized carbons (Fsp3) is 0.455. The maximum absolute atomic E-state index is 11.6. The molecule has 0 aromatic carbocycles. The molecular weight excluding hydrogens is 192 g/mol. The van der Waals surface area contributed by atoms with Crippen LogP contribution in [0, 0.1) is 5.92 Å². The van der Waals surface area contributed by atoms with Crippen LogP contribution in [0.3, 0.4) is 0 Å². The van der Waals surface area contributed by atoms with Crippen molar-refractivity contribution in [2.75, 3.05) is 11.5 Å². The van der Waals surface area contributed by atoms with Crippen LogP contribution in [-0.4, -0.2) is 23.7 Å². The van der Waals surface area contributed by atoms with Crippen LogP contribution in [0.5, 0.6) is 0 Å². The minimum Gasteiger partial charge on any atom is -0.447 e. The summed E-state index contributed by atoms with van der Waals surface area (Å²) >= 11 is 0. The number of carbonyl (C=O) groups excluding carboxylic acids is 1. The molecule has 1 unspecified atom stereocenters. The first kappa shape index (κ1) is 9.96. The molecule has 0 radical (unpaired) electrons. The molecule has 0 aliphatic carbocycles. The molecule has 1 aromatic rings. The Labute approximate surface area is 88.9 Å². The topological polar surface area (TPSA) is 42.4 Å². The highest BCUT2D eigenvalue weighted by molar-refractivity contribution is 5.90. The summed E-state index contributed by atoms with van der Waals surface area (Å²) < 4.78 is 5.05. The third-order valence-corrected chi connectivity index (χ3v) is 2.60. The summed E-state index contributed by atoms with van der Waals surface area (Å²) in [5.41, 5.74) is 0.804. The number of anilines is 1. The van der Waals surface area contributed by atoms with Crippen molar-refractivity contribution in [2.24, 2.45) is 5.92 Å². The Balaban J connectivity index is 2.29. The number of carbonyl (C=O) groups is 1. The molecule has 1 atom stereocenters. The van der Waals surface area contributed by atoms with Gasteiger partial charge in [0, 0.05) is 6.20 Å². The Morgan fingerprint density at radius 3 is 3.00 bits per heavy atom. The van der Waals surface area contributed by atoms with Crippen LogP contribution in [-0.2, 0) is 4.74 Å². The highest BCUT2D eigenvalue weighted by atomic mass is 16.6. The van der Waals surface area contributed by atoms with Gasteiger partial charge in [-0.15, -0.1) is 0 Å². The minimum atomic E-state index is -0.276. The van der Waals surface area contributed by atoms with Crippen LogP contribution in [0.15, 0.2) is 24.5 Å². The molecule has 1 aliphatic heterocycles. The Hall–Kier alpha value is -1.58. The summed E-state index contributed by atoms with van der Waals surface area (Å²) in [4.78, 5) is 17.3. The smallest absolute Gasteiger partial charge is 0.414 e. The van der Waals surface area contributed by atoms with Crippen LogP contribution in [0.25, 0.3) is 0 Å². The Morgan fingerprint density at radius 2 is 2.40 bits per heavy atom. The summed E-state index contributed by atoms with van der Waals surface area (Å²) in [5.74, 6) is 0.372. The van der Waals surface area contributed by atoms with Gasteiger partial charge in [0.25, 0.3) is 0 Å². The first-order valence-corrected chi connectivity index (χ1v) is 5.06. The molecule has 4 nitrogen and oxygen atoms in total. The van der Waals surface area contributed by atoms with Crippen molar-refractivity contribution in [2.45, 2.75) is 19.9 Å². The largest absolute Gasteiger partial charge is 0.447 e. The zero-order valence-corrected chi connectivity index (χ0v) is 8.88. The zero-order chi connectivity index (χ0) is 10.8. The van der Waals surface area contributed by atoms with Crippen LogP contribution in [0.4, 0.5) is 10.5 Å². The second kappa shape index (κ2) is 3.88. The lowest BCUT2D eigenvalue weighted by Gasteiger charge is -2.23. The second-order valence-corrected chi connectivity index (χ2v) is 3.97. The van der Waals surface area contributed by atoms with E-state index in [9.17, 15) is 4.79 Å². The number of aromatic nitrogens is 1. The number of cyclic esters (lactones) is 1. The van der Waals surface area contributed by atoms with E-state index < -0.39 is 0 Å². The van der Waals surface area contributed by atoms with E-state index in [1.54, 1.807) is 17.3 Å². The summed E-state index contributed by atoms with van der Waals surface area (Å²) in [5, 5.41) is 0. The molecule has 0 saturated carbocycles. The molecule has 1 aromatic heterocycles. The average molecular weight is 206 g/mol. The molecule has 4 heteroatoms. The molecule has 1 saturated heterocycles. The van der Waals surface area contributed by atoms with E-state index in [1.165, 1.54) is 0 Å². The average Bonchev–Trinajstić information content (AvgIpc) is 2.61. The van der Waals surface area contributed by atoms with E-state index in [1.807, 2.05) is 12.1 Å². The Morgan fingerprint density at radius 1 is 1.60 bits per heavy atom. The predicted molar refractivity (Wildman–Crippen MR) is 56.7 cm³/mol. The van der Waals surface area contributed by atoms with Gasteiger partial charge in [0.2, 0.25) is 0 Å². The van der Waals surface area contributed by atoms with Gasteiger partial charge in [0.15, 0.2) is 0 Å². The first-order valence-electron chi connectivity index (χ1n) is 5.06. The van der Waals surface area contributed by atoms with Gasteiger partial charge in [0.1, 0.15) is 6.61 Å². The number of ether oxygens (including phenoxy) is 1. The summed E-state index contributed by atoms with van der Waals surface area (Å²) in [7, 11) is 0. The molecular formula is C11H14N2O2. The lowest BCUT2D eigenvalue weighted by Crippen LogP contribution is -2.37. The Bertz CT molecular complexity index is 351. The fourth-order valence-corrected chi connectivity index (χ4v) is 1.72. The van der Waals surface area contributed by atoms with E-state index in [-0.39, 0.29) is 12.1 Å². The number of nitrogens with zero attached hydrogens (tertiary/aromatic N) is 2. The third-order valence-electron chi connectivity index (χ3n) is 2.60. The van der Waals surface area contributed by atoms with Crippen LogP contribution < -0.4 is 4.90 Å². The van der Waals surface area contributed by atoms with Gasteiger partial charge in [-0.1, -0.05) is 13.8 Å². The SMILES string of the molecule is CC(C)C1COC(=O)N1c1cccnc1. The summed E-state index contributed by atoms with van der Waals surface area (Å²) in [6.07, 6.45) is 3.10. The predicted octanol–water partition coefficient (Wildman–Crippen LogP) is 2.06. The zero-order valence-electron chi connectivity index (χ0n) is 8.88. The molecule has 2 rings (SSSR count). The third kappa shape index (κ3) is 1.79. The van der Waals surface area contributed by atoms with Gasteiger partial charge in [-0.05, 0) is 18.1 Å². The quantitative estimate of drug-likeness (QED) is 0.743. The van der Waals surface area contributed by atoms with Gasteiger partial charge in [-0.25, -0.2) is 4.79 Å². The van der Waals surface area contributed by atoms with Crippen LogP contribution in [0.2, 0.25) is 0 Å². The fourth-order valence-electron chi connectivity index (χ4n) is 1.72. The highest BCUT2D eigenvalue weighted by Gasteiger charge is 2.35. The van der Waals surface area contributed by atoms with Gasteiger partial charge in [-0.2, -0.15) is 0 Å². The summed E-state index contributed by atoms with van der Waals surface area (Å²) in [6.45, 7) is 4.62. The van der Waals surface area contributed by atoms with E-state index in [2.05, 4.69) is 18.8 Å². The van der Waals surface area contributed by atoms with Gasteiger partial charge in [0.05, 0.1) is 17.9 Å². The maximum atomic E-state index is 11.6.